The zero-order valence-electron chi connectivity index (χ0n) is 9.16. The highest BCUT2D eigenvalue weighted by Crippen LogP contribution is 2.22. The number of halogens is 1. The molecule has 0 saturated heterocycles. The third-order valence-corrected chi connectivity index (χ3v) is 2.49. The maximum atomic E-state index is 11.7. The van der Waals surface area contributed by atoms with Gasteiger partial charge in [-0.1, -0.05) is 15.9 Å². The predicted molar refractivity (Wildman–Crippen MR) is 64.6 cm³/mol. The van der Waals surface area contributed by atoms with Gasteiger partial charge in [0.2, 0.25) is 0 Å². The number of carbonyl (C=O) groups is 1. The van der Waals surface area contributed by atoms with Crippen LogP contribution in [0.15, 0.2) is 22.7 Å². The normalized spacial score (nSPS) is 12.2. The van der Waals surface area contributed by atoms with Crippen molar-refractivity contribution in [1.29, 1.82) is 0 Å². The van der Waals surface area contributed by atoms with E-state index in [1.165, 1.54) is 6.07 Å². The molecule has 4 nitrogen and oxygen atoms in total. The molecule has 1 amide bonds. The molecule has 0 aromatic heterocycles. The van der Waals surface area contributed by atoms with Crippen LogP contribution in [0.1, 0.15) is 17.3 Å². The first-order valence-corrected chi connectivity index (χ1v) is 5.62. The first-order valence-electron chi connectivity index (χ1n) is 4.83. The lowest BCUT2D eigenvalue weighted by molar-refractivity contribution is 0.0903. The third kappa shape index (κ3) is 3.50. The molecule has 1 unspecified atom stereocenters. The lowest BCUT2D eigenvalue weighted by Gasteiger charge is -2.13. The van der Waals surface area contributed by atoms with Crippen molar-refractivity contribution in [2.24, 2.45) is 0 Å². The van der Waals surface area contributed by atoms with Gasteiger partial charge >= 0.3 is 0 Å². The Kier molecular flexibility index (Phi) is 4.76. The minimum absolute atomic E-state index is 0.0449. The molecule has 1 rings (SSSR count). The Morgan fingerprint density at radius 1 is 1.62 bits per heavy atom. The van der Waals surface area contributed by atoms with Crippen LogP contribution in [-0.4, -0.2) is 30.8 Å². The van der Waals surface area contributed by atoms with Crippen molar-refractivity contribution in [3.05, 3.63) is 28.2 Å². The van der Waals surface area contributed by atoms with E-state index in [-0.39, 0.29) is 23.3 Å². The van der Waals surface area contributed by atoms with Crippen LogP contribution >= 0.6 is 15.9 Å². The van der Waals surface area contributed by atoms with E-state index in [1.807, 2.05) is 6.92 Å². The summed E-state index contributed by atoms with van der Waals surface area (Å²) in [6.45, 7) is 2.26. The number of rotatable bonds is 4. The number of hydrogen-bond donors (Lipinski definition) is 2. The molecule has 0 aliphatic carbocycles. The standard InChI is InChI=1S/C11H14BrNO3/c1-7(6-16-2)13-11(15)9-4-3-8(12)5-10(9)14/h3-5,7,14H,6H2,1-2H3,(H,13,15). The lowest BCUT2D eigenvalue weighted by atomic mass is 10.2. The average molecular weight is 288 g/mol. The fraction of sp³-hybridized carbons (Fsp3) is 0.364. The molecule has 88 valence electrons. The van der Waals surface area contributed by atoms with Gasteiger partial charge in [-0.3, -0.25) is 4.79 Å². The van der Waals surface area contributed by atoms with E-state index >= 15 is 0 Å². The second-order valence-corrected chi connectivity index (χ2v) is 4.41. The third-order valence-electron chi connectivity index (χ3n) is 2.00. The van der Waals surface area contributed by atoms with Crippen LogP contribution in [0.5, 0.6) is 5.75 Å². The average Bonchev–Trinajstić information content (AvgIpc) is 2.17. The summed E-state index contributed by atoms with van der Waals surface area (Å²) in [6, 6.07) is 4.65. The summed E-state index contributed by atoms with van der Waals surface area (Å²) < 4.78 is 5.63. The van der Waals surface area contributed by atoms with Crippen LogP contribution in [0, 0.1) is 0 Å². The van der Waals surface area contributed by atoms with E-state index in [4.69, 9.17) is 4.74 Å². The smallest absolute Gasteiger partial charge is 0.255 e. The molecular formula is C11H14BrNO3. The number of phenolic OH excluding ortho intramolecular Hbond substituents is 1. The molecule has 0 fully saturated rings. The number of ether oxygens (including phenoxy) is 1. The molecule has 16 heavy (non-hydrogen) atoms. The van der Waals surface area contributed by atoms with E-state index in [1.54, 1.807) is 19.2 Å². The summed E-state index contributed by atoms with van der Waals surface area (Å²) in [5.41, 5.74) is 0.256. The summed E-state index contributed by atoms with van der Waals surface area (Å²) in [6.07, 6.45) is 0. The predicted octanol–water partition coefficient (Wildman–Crippen LogP) is 1.92. The molecule has 0 bridgehead atoms. The second kappa shape index (κ2) is 5.86. The number of phenols is 1. The largest absolute Gasteiger partial charge is 0.507 e. The van der Waals surface area contributed by atoms with Gasteiger partial charge in [0.25, 0.3) is 5.91 Å². The Hall–Kier alpha value is -1.07. The molecule has 2 N–H and O–H groups in total. The molecule has 1 aromatic rings. The van der Waals surface area contributed by atoms with Gasteiger partial charge in [0.05, 0.1) is 12.2 Å². The van der Waals surface area contributed by atoms with Crippen LogP contribution < -0.4 is 5.32 Å². The molecule has 1 aromatic carbocycles. The first kappa shape index (κ1) is 13.0. The molecular weight excluding hydrogens is 274 g/mol. The van der Waals surface area contributed by atoms with Crippen LogP contribution in [0.2, 0.25) is 0 Å². The molecule has 0 spiro atoms. The zero-order valence-corrected chi connectivity index (χ0v) is 10.7. The minimum Gasteiger partial charge on any atom is -0.507 e. The molecule has 0 aliphatic heterocycles. The van der Waals surface area contributed by atoms with Crippen LogP contribution in [0.25, 0.3) is 0 Å². The number of benzene rings is 1. The van der Waals surface area contributed by atoms with Crippen molar-refractivity contribution in [3.63, 3.8) is 0 Å². The monoisotopic (exact) mass is 287 g/mol. The number of carbonyl (C=O) groups excluding carboxylic acids is 1. The summed E-state index contributed by atoms with van der Waals surface area (Å²) in [7, 11) is 1.57. The molecule has 0 saturated carbocycles. The molecule has 0 aliphatic rings. The Bertz CT molecular complexity index is 381. The van der Waals surface area contributed by atoms with Gasteiger partial charge < -0.3 is 15.2 Å². The summed E-state index contributed by atoms with van der Waals surface area (Å²) in [4.78, 5) is 11.7. The van der Waals surface area contributed by atoms with Crippen molar-refractivity contribution < 1.29 is 14.6 Å². The Balaban J connectivity index is 2.73. The van der Waals surface area contributed by atoms with Gasteiger partial charge in [-0.05, 0) is 25.1 Å². The molecule has 0 heterocycles. The van der Waals surface area contributed by atoms with Gasteiger partial charge in [0.15, 0.2) is 0 Å². The van der Waals surface area contributed by atoms with Crippen molar-refractivity contribution in [2.75, 3.05) is 13.7 Å². The van der Waals surface area contributed by atoms with Crippen LogP contribution in [-0.2, 0) is 4.74 Å². The molecule has 0 radical (unpaired) electrons. The van der Waals surface area contributed by atoms with Crippen molar-refractivity contribution in [3.8, 4) is 5.75 Å². The van der Waals surface area contributed by atoms with Gasteiger partial charge in [0, 0.05) is 17.6 Å². The van der Waals surface area contributed by atoms with Crippen LogP contribution in [0.4, 0.5) is 0 Å². The maximum Gasteiger partial charge on any atom is 0.255 e. The highest BCUT2D eigenvalue weighted by molar-refractivity contribution is 9.10. The minimum atomic E-state index is -0.311. The van der Waals surface area contributed by atoms with E-state index < -0.39 is 0 Å². The quantitative estimate of drug-likeness (QED) is 0.890. The van der Waals surface area contributed by atoms with Crippen molar-refractivity contribution >= 4 is 21.8 Å². The first-order chi connectivity index (χ1) is 7.54. The topological polar surface area (TPSA) is 58.6 Å². The highest BCUT2D eigenvalue weighted by Gasteiger charge is 2.13. The Morgan fingerprint density at radius 3 is 2.88 bits per heavy atom. The van der Waals surface area contributed by atoms with Crippen molar-refractivity contribution in [2.45, 2.75) is 13.0 Å². The van der Waals surface area contributed by atoms with Gasteiger partial charge in [-0.15, -0.1) is 0 Å². The fourth-order valence-electron chi connectivity index (χ4n) is 1.29. The van der Waals surface area contributed by atoms with Gasteiger partial charge in [0.1, 0.15) is 5.75 Å². The summed E-state index contributed by atoms with van der Waals surface area (Å²) in [5, 5.41) is 12.3. The number of nitrogens with one attached hydrogen (secondary N) is 1. The van der Waals surface area contributed by atoms with E-state index in [0.717, 1.165) is 4.47 Å². The Morgan fingerprint density at radius 2 is 2.31 bits per heavy atom. The van der Waals surface area contributed by atoms with Crippen LogP contribution in [0.3, 0.4) is 0 Å². The van der Waals surface area contributed by atoms with Crippen molar-refractivity contribution in [1.82, 2.24) is 5.32 Å². The highest BCUT2D eigenvalue weighted by atomic mass is 79.9. The molecule has 5 heteroatoms. The maximum absolute atomic E-state index is 11.7. The Labute approximate surface area is 103 Å². The second-order valence-electron chi connectivity index (χ2n) is 3.49. The summed E-state index contributed by atoms with van der Waals surface area (Å²) >= 11 is 3.21. The van der Waals surface area contributed by atoms with E-state index in [2.05, 4.69) is 21.2 Å². The van der Waals surface area contributed by atoms with Gasteiger partial charge in [-0.2, -0.15) is 0 Å². The number of aromatic hydroxyl groups is 1. The lowest BCUT2D eigenvalue weighted by Crippen LogP contribution is -2.35. The fourth-order valence-corrected chi connectivity index (χ4v) is 1.64. The van der Waals surface area contributed by atoms with E-state index in [9.17, 15) is 9.90 Å². The number of amides is 1. The number of methoxy groups -OCH3 is 1. The van der Waals surface area contributed by atoms with E-state index in [0.29, 0.717) is 6.61 Å². The SMILES string of the molecule is COCC(C)NC(=O)c1ccc(Br)cc1O. The molecule has 1 atom stereocenters. The zero-order chi connectivity index (χ0) is 12.1. The summed E-state index contributed by atoms with van der Waals surface area (Å²) in [5.74, 6) is -0.356. The number of hydrogen-bond acceptors (Lipinski definition) is 3. The van der Waals surface area contributed by atoms with Gasteiger partial charge in [-0.25, -0.2) is 0 Å².